The number of hydrogen-bond acceptors (Lipinski definition) is 2. The summed E-state index contributed by atoms with van der Waals surface area (Å²) in [6.07, 6.45) is -1.98. The summed E-state index contributed by atoms with van der Waals surface area (Å²) in [7, 11) is 0. The predicted molar refractivity (Wildman–Crippen MR) is 48.9 cm³/mol. The number of alkyl halides is 1. The lowest BCUT2D eigenvalue weighted by Crippen LogP contribution is -2.08. The van der Waals surface area contributed by atoms with Crippen LogP contribution in [0.25, 0.3) is 0 Å². The molecule has 0 aliphatic carbocycles. The number of aryl methyl sites for hydroxylation is 2. The van der Waals surface area contributed by atoms with Gasteiger partial charge in [0.2, 0.25) is 6.17 Å². The Morgan fingerprint density at radius 3 is 2.57 bits per heavy atom. The summed E-state index contributed by atoms with van der Waals surface area (Å²) in [5.74, 6) is -1.47. The summed E-state index contributed by atoms with van der Waals surface area (Å²) in [5.41, 5.74) is 1.21. The van der Waals surface area contributed by atoms with Gasteiger partial charge in [-0.15, -0.1) is 0 Å². The van der Waals surface area contributed by atoms with E-state index in [1.54, 1.807) is 18.5 Å². The minimum atomic E-state index is -1.98. The molecular formula is C9H13FN2O2. The van der Waals surface area contributed by atoms with Crippen LogP contribution in [0.15, 0.2) is 0 Å². The summed E-state index contributed by atoms with van der Waals surface area (Å²) in [5, 5.41) is 12.6. The van der Waals surface area contributed by atoms with Gasteiger partial charge >= 0.3 is 5.97 Å². The molecule has 78 valence electrons. The number of halogens is 1. The fraction of sp³-hybridized carbons (Fsp3) is 0.556. The first-order valence-electron chi connectivity index (χ1n) is 4.39. The Morgan fingerprint density at radius 2 is 2.21 bits per heavy atom. The number of rotatable bonds is 3. The highest BCUT2D eigenvalue weighted by Crippen LogP contribution is 2.24. The van der Waals surface area contributed by atoms with E-state index in [0.717, 1.165) is 0 Å². The maximum atomic E-state index is 13.3. The Kier molecular flexibility index (Phi) is 2.88. The third-order valence-corrected chi connectivity index (χ3v) is 2.21. The molecule has 1 atom stereocenters. The summed E-state index contributed by atoms with van der Waals surface area (Å²) in [4.78, 5) is 10.5. The van der Waals surface area contributed by atoms with Gasteiger partial charge in [0.25, 0.3) is 0 Å². The Hall–Kier alpha value is -1.39. The third kappa shape index (κ3) is 1.62. The van der Waals surface area contributed by atoms with Gasteiger partial charge in [-0.05, 0) is 20.8 Å². The van der Waals surface area contributed by atoms with Crippen molar-refractivity contribution in [1.29, 1.82) is 0 Å². The van der Waals surface area contributed by atoms with Crippen LogP contribution in [-0.4, -0.2) is 20.9 Å². The number of carboxylic acids is 1. The average molecular weight is 200 g/mol. The number of carbonyl (C=O) groups is 1. The van der Waals surface area contributed by atoms with Crippen LogP contribution in [0.2, 0.25) is 0 Å². The maximum absolute atomic E-state index is 13.3. The largest absolute Gasteiger partial charge is 0.479 e. The fourth-order valence-electron chi connectivity index (χ4n) is 1.51. The van der Waals surface area contributed by atoms with E-state index in [1.807, 2.05) is 6.92 Å². The molecule has 1 rings (SSSR count). The molecule has 1 aromatic heterocycles. The molecule has 1 unspecified atom stereocenters. The van der Waals surface area contributed by atoms with Gasteiger partial charge in [-0.1, -0.05) is 0 Å². The van der Waals surface area contributed by atoms with Crippen LogP contribution < -0.4 is 0 Å². The lowest BCUT2D eigenvalue weighted by molar-refractivity contribution is -0.143. The molecule has 0 aromatic carbocycles. The van der Waals surface area contributed by atoms with E-state index in [-0.39, 0.29) is 5.56 Å². The zero-order valence-electron chi connectivity index (χ0n) is 8.41. The predicted octanol–water partition coefficient (Wildman–Crippen LogP) is 1.62. The summed E-state index contributed by atoms with van der Waals surface area (Å²) in [6.45, 7) is 5.77. The van der Waals surface area contributed by atoms with Crippen LogP contribution in [0.5, 0.6) is 0 Å². The van der Waals surface area contributed by atoms with Gasteiger partial charge in [0.15, 0.2) is 0 Å². The highest BCUT2D eigenvalue weighted by molar-refractivity contribution is 5.75. The maximum Gasteiger partial charge on any atom is 0.343 e. The van der Waals surface area contributed by atoms with E-state index in [1.165, 1.54) is 0 Å². The zero-order chi connectivity index (χ0) is 10.9. The lowest BCUT2D eigenvalue weighted by Gasteiger charge is -2.03. The highest BCUT2D eigenvalue weighted by atomic mass is 19.1. The summed E-state index contributed by atoms with van der Waals surface area (Å²) >= 11 is 0. The van der Waals surface area contributed by atoms with Crippen molar-refractivity contribution in [1.82, 2.24) is 9.78 Å². The van der Waals surface area contributed by atoms with Crippen molar-refractivity contribution < 1.29 is 14.3 Å². The van der Waals surface area contributed by atoms with Crippen molar-refractivity contribution in [3.63, 3.8) is 0 Å². The second-order valence-electron chi connectivity index (χ2n) is 3.10. The second kappa shape index (κ2) is 3.77. The first kappa shape index (κ1) is 10.7. The highest BCUT2D eigenvalue weighted by Gasteiger charge is 2.25. The molecule has 1 heterocycles. The molecule has 0 fully saturated rings. The molecule has 0 amide bonds. The third-order valence-electron chi connectivity index (χ3n) is 2.21. The smallest absolute Gasteiger partial charge is 0.343 e. The quantitative estimate of drug-likeness (QED) is 0.806. The van der Waals surface area contributed by atoms with Crippen LogP contribution in [-0.2, 0) is 11.3 Å². The minimum Gasteiger partial charge on any atom is -0.479 e. The molecule has 0 saturated heterocycles. The number of aromatic nitrogens is 2. The van der Waals surface area contributed by atoms with Crippen molar-refractivity contribution in [3.8, 4) is 0 Å². The Morgan fingerprint density at radius 1 is 1.64 bits per heavy atom. The number of aliphatic carboxylic acids is 1. The Bertz CT molecular complexity index is 360. The fourth-order valence-corrected chi connectivity index (χ4v) is 1.51. The SMILES string of the molecule is CCn1nc(C)c(C(F)C(=O)O)c1C. The number of carboxylic acid groups (broad SMARTS) is 1. The summed E-state index contributed by atoms with van der Waals surface area (Å²) in [6, 6.07) is 0. The molecule has 5 heteroatoms. The molecular weight excluding hydrogens is 187 g/mol. The first-order valence-corrected chi connectivity index (χ1v) is 4.39. The molecule has 0 aliphatic rings. The van der Waals surface area contributed by atoms with Crippen LogP contribution >= 0.6 is 0 Å². The van der Waals surface area contributed by atoms with Gasteiger partial charge < -0.3 is 5.11 Å². The Balaban J connectivity index is 3.20. The topological polar surface area (TPSA) is 55.1 Å². The van der Waals surface area contributed by atoms with Gasteiger partial charge in [-0.2, -0.15) is 5.10 Å². The van der Waals surface area contributed by atoms with Crippen molar-refractivity contribution in [2.24, 2.45) is 0 Å². The molecule has 14 heavy (non-hydrogen) atoms. The molecule has 1 aromatic rings. The van der Waals surface area contributed by atoms with E-state index >= 15 is 0 Å². The van der Waals surface area contributed by atoms with Crippen molar-refractivity contribution in [2.45, 2.75) is 33.5 Å². The molecule has 0 aliphatic heterocycles. The minimum absolute atomic E-state index is 0.180. The first-order chi connectivity index (χ1) is 6.49. The van der Waals surface area contributed by atoms with E-state index in [4.69, 9.17) is 5.11 Å². The standard InChI is InChI=1S/C9H13FN2O2/c1-4-12-6(3)7(5(2)11-12)8(10)9(13)14/h8H,4H2,1-3H3,(H,13,14). The van der Waals surface area contributed by atoms with Gasteiger partial charge in [0.05, 0.1) is 5.69 Å². The number of hydrogen-bond donors (Lipinski definition) is 1. The van der Waals surface area contributed by atoms with E-state index in [0.29, 0.717) is 17.9 Å². The molecule has 0 saturated carbocycles. The van der Waals surface area contributed by atoms with Crippen molar-refractivity contribution in [2.75, 3.05) is 0 Å². The Labute approximate surface area is 81.3 Å². The van der Waals surface area contributed by atoms with Gasteiger partial charge in [-0.3, -0.25) is 4.68 Å². The zero-order valence-corrected chi connectivity index (χ0v) is 8.41. The van der Waals surface area contributed by atoms with E-state index in [9.17, 15) is 9.18 Å². The van der Waals surface area contributed by atoms with Gasteiger partial charge in [0.1, 0.15) is 0 Å². The molecule has 0 bridgehead atoms. The monoisotopic (exact) mass is 200 g/mol. The summed E-state index contributed by atoms with van der Waals surface area (Å²) < 4.78 is 14.9. The van der Waals surface area contributed by atoms with E-state index in [2.05, 4.69) is 5.10 Å². The van der Waals surface area contributed by atoms with Crippen LogP contribution in [0.3, 0.4) is 0 Å². The van der Waals surface area contributed by atoms with E-state index < -0.39 is 12.1 Å². The van der Waals surface area contributed by atoms with Gasteiger partial charge in [0, 0.05) is 17.8 Å². The lowest BCUT2D eigenvalue weighted by atomic mass is 10.1. The van der Waals surface area contributed by atoms with Crippen LogP contribution in [0.1, 0.15) is 30.0 Å². The number of nitrogens with zero attached hydrogens (tertiary/aromatic N) is 2. The van der Waals surface area contributed by atoms with Crippen LogP contribution in [0, 0.1) is 13.8 Å². The molecule has 0 spiro atoms. The normalized spacial score (nSPS) is 12.9. The molecule has 4 nitrogen and oxygen atoms in total. The van der Waals surface area contributed by atoms with Gasteiger partial charge in [-0.25, -0.2) is 9.18 Å². The van der Waals surface area contributed by atoms with Crippen molar-refractivity contribution >= 4 is 5.97 Å². The molecule has 0 radical (unpaired) electrons. The van der Waals surface area contributed by atoms with Crippen molar-refractivity contribution in [3.05, 3.63) is 17.0 Å². The molecule has 1 N–H and O–H groups in total. The van der Waals surface area contributed by atoms with Crippen LogP contribution in [0.4, 0.5) is 4.39 Å². The second-order valence-corrected chi connectivity index (χ2v) is 3.10. The average Bonchev–Trinajstić information content (AvgIpc) is 2.40.